The Bertz CT molecular complexity index is 894. The van der Waals surface area contributed by atoms with Crippen molar-refractivity contribution in [3.8, 4) is 10.6 Å². The lowest BCUT2D eigenvalue weighted by Gasteiger charge is -2.10. The number of carbonyl (C=O) groups is 1. The third-order valence-electron chi connectivity index (χ3n) is 3.81. The SMILES string of the molecule is Cc1ccc(NC(=O)c2nnc(-c3ccc(NCC(O)CO)cc3)s2)cc1. The Morgan fingerprint density at radius 1 is 1.07 bits per heavy atom. The molecule has 1 heterocycles. The Hall–Kier alpha value is -2.81. The number of hydrogen-bond acceptors (Lipinski definition) is 7. The molecule has 27 heavy (non-hydrogen) atoms. The van der Waals surface area contributed by atoms with Gasteiger partial charge in [0, 0.05) is 23.5 Å². The number of benzene rings is 2. The Kier molecular flexibility index (Phi) is 6.12. The molecule has 3 aromatic rings. The second kappa shape index (κ2) is 8.72. The number of carbonyl (C=O) groups excluding carboxylic acids is 1. The van der Waals surface area contributed by atoms with Crippen molar-refractivity contribution in [2.45, 2.75) is 13.0 Å². The number of aliphatic hydroxyl groups excluding tert-OH is 2. The number of anilines is 2. The van der Waals surface area contributed by atoms with Crippen LogP contribution in [0.25, 0.3) is 10.6 Å². The summed E-state index contributed by atoms with van der Waals surface area (Å²) in [6.07, 6.45) is -0.803. The fraction of sp³-hybridized carbons (Fsp3) is 0.211. The van der Waals surface area contributed by atoms with Crippen molar-refractivity contribution in [1.29, 1.82) is 0 Å². The zero-order valence-corrected chi connectivity index (χ0v) is 15.5. The molecule has 0 saturated carbocycles. The van der Waals surface area contributed by atoms with Gasteiger partial charge in [0.2, 0.25) is 5.01 Å². The minimum atomic E-state index is -0.803. The summed E-state index contributed by atoms with van der Waals surface area (Å²) in [7, 11) is 0. The summed E-state index contributed by atoms with van der Waals surface area (Å²) >= 11 is 1.22. The van der Waals surface area contributed by atoms with Gasteiger partial charge in [-0.1, -0.05) is 29.0 Å². The molecule has 0 bridgehead atoms. The van der Waals surface area contributed by atoms with Crippen molar-refractivity contribution < 1.29 is 15.0 Å². The smallest absolute Gasteiger partial charge is 0.286 e. The van der Waals surface area contributed by atoms with Crippen molar-refractivity contribution in [2.75, 3.05) is 23.8 Å². The van der Waals surface area contributed by atoms with Crippen molar-refractivity contribution in [3.63, 3.8) is 0 Å². The molecule has 1 amide bonds. The normalized spacial score (nSPS) is 11.8. The van der Waals surface area contributed by atoms with Crippen LogP contribution in [0.1, 0.15) is 15.4 Å². The van der Waals surface area contributed by atoms with E-state index in [0.717, 1.165) is 16.8 Å². The Morgan fingerprint density at radius 2 is 1.74 bits per heavy atom. The summed E-state index contributed by atoms with van der Waals surface area (Å²) in [4.78, 5) is 12.3. The van der Waals surface area contributed by atoms with Crippen LogP contribution in [0.15, 0.2) is 48.5 Å². The number of amides is 1. The predicted molar refractivity (Wildman–Crippen MR) is 106 cm³/mol. The highest BCUT2D eigenvalue weighted by Crippen LogP contribution is 2.25. The van der Waals surface area contributed by atoms with Gasteiger partial charge >= 0.3 is 0 Å². The number of rotatable bonds is 7. The van der Waals surface area contributed by atoms with Gasteiger partial charge in [0.15, 0.2) is 0 Å². The standard InChI is InChI=1S/C19H20N4O3S/c1-12-2-6-15(7-3-12)21-17(26)19-23-22-18(27-19)13-4-8-14(9-5-13)20-10-16(25)11-24/h2-9,16,20,24-25H,10-11H2,1H3,(H,21,26). The second-order valence-electron chi connectivity index (χ2n) is 6.03. The predicted octanol–water partition coefficient (Wildman–Crippen LogP) is 2.53. The fourth-order valence-electron chi connectivity index (χ4n) is 2.28. The lowest BCUT2D eigenvalue weighted by Crippen LogP contribution is -2.22. The largest absolute Gasteiger partial charge is 0.394 e. The average Bonchev–Trinajstić information content (AvgIpc) is 3.18. The van der Waals surface area contributed by atoms with Gasteiger partial charge in [-0.3, -0.25) is 4.79 Å². The Morgan fingerprint density at radius 3 is 2.41 bits per heavy atom. The van der Waals surface area contributed by atoms with Crippen molar-refractivity contribution in [3.05, 3.63) is 59.1 Å². The third-order valence-corrected chi connectivity index (χ3v) is 4.78. The van der Waals surface area contributed by atoms with Crippen LogP contribution in [0.5, 0.6) is 0 Å². The highest BCUT2D eigenvalue weighted by Gasteiger charge is 2.14. The molecule has 1 atom stereocenters. The number of aryl methyl sites for hydroxylation is 1. The zero-order chi connectivity index (χ0) is 19.2. The Labute approximate surface area is 160 Å². The van der Waals surface area contributed by atoms with Gasteiger partial charge in [-0.2, -0.15) is 0 Å². The van der Waals surface area contributed by atoms with Crippen molar-refractivity contribution >= 4 is 28.6 Å². The first-order chi connectivity index (χ1) is 13.0. The summed E-state index contributed by atoms with van der Waals surface area (Å²) in [5, 5.41) is 33.0. The maximum Gasteiger partial charge on any atom is 0.286 e. The van der Waals surface area contributed by atoms with Gasteiger partial charge in [-0.25, -0.2) is 0 Å². The van der Waals surface area contributed by atoms with Crippen molar-refractivity contribution in [1.82, 2.24) is 10.2 Å². The molecule has 0 saturated heterocycles. The number of aliphatic hydroxyl groups is 2. The fourth-order valence-corrected chi connectivity index (χ4v) is 3.03. The average molecular weight is 384 g/mol. The van der Waals surface area contributed by atoms with Gasteiger partial charge in [0.05, 0.1) is 12.7 Å². The lowest BCUT2D eigenvalue weighted by molar-refractivity contribution is 0.102. The number of nitrogens with zero attached hydrogens (tertiary/aromatic N) is 2. The van der Waals surface area contributed by atoms with E-state index >= 15 is 0 Å². The van der Waals surface area contributed by atoms with E-state index in [2.05, 4.69) is 20.8 Å². The van der Waals surface area contributed by atoms with E-state index in [9.17, 15) is 9.90 Å². The van der Waals surface area contributed by atoms with E-state index in [-0.39, 0.29) is 19.1 Å². The molecule has 3 rings (SSSR count). The van der Waals surface area contributed by atoms with Gasteiger partial charge in [-0.05, 0) is 43.3 Å². The molecule has 0 aliphatic rings. The molecule has 0 spiro atoms. The van der Waals surface area contributed by atoms with Gasteiger partial charge < -0.3 is 20.8 Å². The molecule has 1 aromatic heterocycles. The van der Waals surface area contributed by atoms with Crippen LogP contribution >= 0.6 is 11.3 Å². The van der Waals surface area contributed by atoms with Crippen LogP contribution in [0.2, 0.25) is 0 Å². The molecule has 0 radical (unpaired) electrons. The summed E-state index contributed by atoms with van der Waals surface area (Å²) < 4.78 is 0. The minimum Gasteiger partial charge on any atom is -0.394 e. The maximum atomic E-state index is 12.3. The van der Waals surface area contributed by atoms with Crippen LogP contribution in [0, 0.1) is 6.92 Å². The van der Waals surface area contributed by atoms with Gasteiger partial charge in [0.25, 0.3) is 5.91 Å². The third kappa shape index (κ3) is 5.10. The number of aromatic nitrogens is 2. The van der Waals surface area contributed by atoms with Gasteiger partial charge in [-0.15, -0.1) is 10.2 Å². The Balaban J connectivity index is 1.64. The quantitative estimate of drug-likeness (QED) is 0.499. The molecule has 8 heteroatoms. The molecule has 140 valence electrons. The monoisotopic (exact) mass is 384 g/mol. The topological polar surface area (TPSA) is 107 Å². The van der Waals surface area contributed by atoms with Crippen LogP contribution < -0.4 is 10.6 Å². The molecule has 0 aliphatic heterocycles. The first-order valence-electron chi connectivity index (χ1n) is 8.40. The van der Waals surface area contributed by atoms with Crippen LogP contribution in [0.4, 0.5) is 11.4 Å². The lowest BCUT2D eigenvalue weighted by atomic mass is 10.2. The summed E-state index contributed by atoms with van der Waals surface area (Å²) in [6.45, 7) is 1.96. The molecule has 2 aromatic carbocycles. The van der Waals surface area contributed by atoms with E-state index < -0.39 is 6.10 Å². The second-order valence-corrected chi connectivity index (χ2v) is 7.00. The van der Waals surface area contributed by atoms with Crippen LogP contribution in [-0.4, -0.2) is 45.6 Å². The molecule has 0 aliphatic carbocycles. The van der Waals surface area contributed by atoms with E-state index in [0.29, 0.717) is 15.7 Å². The van der Waals surface area contributed by atoms with E-state index in [1.807, 2.05) is 55.5 Å². The highest BCUT2D eigenvalue weighted by atomic mass is 32.1. The minimum absolute atomic E-state index is 0.262. The molecule has 7 nitrogen and oxygen atoms in total. The van der Waals surface area contributed by atoms with Gasteiger partial charge in [0.1, 0.15) is 5.01 Å². The first-order valence-corrected chi connectivity index (χ1v) is 9.21. The molecular weight excluding hydrogens is 364 g/mol. The molecule has 1 unspecified atom stereocenters. The zero-order valence-electron chi connectivity index (χ0n) is 14.7. The summed E-state index contributed by atoms with van der Waals surface area (Å²) in [5.74, 6) is -0.293. The highest BCUT2D eigenvalue weighted by molar-refractivity contribution is 7.16. The number of hydrogen-bond donors (Lipinski definition) is 4. The molecule has 0 fully saturated rings. The first kappa shape index (κ1) is 19.0. The van der Waals surface area contributed by atoms with E-state index in [1.165, 1.54) is 11.3 Å². The number of nitrogens with one attached hydrogen (secondary N) is 2. The van der Waals surface area contributed by atoms with Crippen LogP contribution in [0.3, 0.4) is 0 Å². The van der Waals surface area contributed by atoms with E-state index in [1.54, 1.807) is 0 Å². The van der Waals surface area contributed by atoms with Crippen molar-refractivity contribution in [2.24, 2.45) is 0 Å². The maximum absolute atomic E-state index is 12.3. The summed E-state index contributed by atoms with van der Waals surface area (Å²) in [5.41, 5.74) is 3.49. The molecular formula is C19H20N4O3S. The van der Waals surface area contributed by atoms with Crippen LogP contribution in [-0.2, 0) is 0 Å². The molecule has 4 N–H and O–H groups in total. The summed E-state index contributed by atoms with van der Waals surface area (Å²) in [6, 6.07) is 14.9. The van der Waals surface area contributed by atoms with E-state index in [4.69, 9.17) is 5.11 Å².